The van der Waals surface area contributed by atoms with E-state index in [-0.39, 0.29) is 17.8 Å². The molecule has 3 N–H and O–H groups in total. The quantitative estimate of drug-likeness (QED) is 0.790. The number of benzene rings is 1. The third kappa shape index (κ3) is 2.79. The SMILES string of the molecule is CC(C(=O)Nc1nccnn1)c1cccc(N)c1. The van der Waals surface area contributed by atoms with Crippen molar-refractivity contribution in [2.75, 3.05) is 11.1 Å². The first-order valence-corrected chi connectivity index (χ1v) is 5.47. The highest BCUT2D eigenvalue weighted by Gasteiger charge is 2.16. The predicted octanol–water partition coefficient (Wildman–Crippen LogP) is 1.20. The molecule has 0 saturated carbocycles. The van der Waals surface area contributed by atoms with E-state index in [1.165, 1.54) is 12.4 Å². The van der Waals surface area contributed by atoms with E-state index < -0.39 is 0 Å². The lowest BCUT2D eigenvalue weighted by atomic mass is 10.00. The number of anilines is 2. The molecule has 0 aliphatic rings. The van der Waals surface area contributed by atoms with Crippen LogP contribution < -0.4 is 11.1 Å². The maximum atomic E-state index is 12.0. The average molecular weight is 243 g/mol. The summed E-state index contributed by atoms with van der Waals surface area (Å²) < 4.78 is 0. The van der Waals surface area contributed by atoms with E-state index in [4.69, 9.17) is 5.73 Å². The molecule has 6 nitrogen and oxygen atoms in total. The number of nitrogens with zero attached hydrogens (tertiary/aromatic N) is 3. The highest BCUT2D eigenvalue weighted by atomic mass is 16.2. The van der Waals surface area contributed by atoms with Crippen molar-refractivity contribution in [1.82, 2.24) is 15.2 Å². The van der Waals surface area contributed by atoms with Gasteiger partial charge < -0.3 is 5.73 Å². The van der Waals surface area contributed by atoms with Crippen molar-refractivity contribution >= 4 is 17.5 Å². The van der Waals surface area contributed by atoms with Crippen molar-refractivity contribution in [2.45, 2.75) is 12.8 Å². The topological polar surface area (TPSA) is 93.8 Å². The van der Waals surface area contributed by atoms with Gasteiger partial charge in [-0.25, -0.2) is 4.98 Å². The smallest absolute Gasteiger partial charge is 0.249 e. The zero-order valence-electron chi connectivity index (χ0n) is 9.87. The number of rotatable bonds is 3. The van der Waals surface area contributed by atoms with Crippen molar-refractivity contribution in [1.29, 1.82) is 0 Å². The van der Waals surface area contributed by atoms with Crippen LogP contribution in [0.4, 0.5) is 11.6 Å². The minimum atomic E-state index is -0.336. The van der Waals surface area contributed by atoms with Crippen molar-refractivity contribution in [3.8, 4) is 0 Å². The Bertz CT molecular complexity index is 543. The van der Waals surface area contributed by atoms with Gasteiger partial charge in [0.15, 0.2) is 0 Å². The summed E-state index contributed by atoms with van der Waals surface area (Å²) in [6.07, 6.45) is 2.91. The molecular weight excluding hydrogens is 230 g/mol. The molecular formula is C12H13N5O. The van der Waals surface area contributed by atoms with Crippen LogP contribution in [0, 0.1) is 0 Å². The summed E-state index contributed by atoms with van der Waals surface area (Å²) >= 11 is 0. The molecule has 6 heteroatoms. The molecule has 1 amide bonds. The number of hydrogen-bond acceptors (Lipinski definition) is 5. The molecule has 2 rings (SSSR count). The van der Waals surface area contributed by atoms with Crippen LogP contribution >= 0.6 is 0 Å². The van der Waals surface area contributed by atoms with Crippen molar-refractivity contribution < 1.29 is 4.79 Å². The van der Waals surface area contributed by atoms with Crippen LogP contribution in [0.3, 0.4) is 0 Å². The summed E-state index contributed by atoms with van der Waals surface area (Å²) in [7, 11) is 0. The summed E-state index contributed by atoms with van der Waals surface area (Å²) in [5.74, 6) is -0.343. The molecule has 1 unspecified atom stereocenters. The Hall–Kier alpha value is -2.50. The summed E-state index contributed by atoms with van der Waals surface area (Å²) in [5.41, 5.74) is 7.16. The molecule has 1 aromatic heterocycles. The van der Waals surface area contributed by atoms with Gasteiger partial charge in [0.1, 0.15) is 0 Å². The summed E-state index contributed by atoms with van der Waals surface area (Å²) in [6, 6.07) is 7.21. The second-order valence-corrected chi connectivity index (χ2v) is 3.85. The van der Waals surface area contributed by atoms with Gasteiger partial charge >= 0.3 is 0 Å². The molecule has 2 aromatic rings. The second-order valence-electron chi connectivity index (χ2n) is 3.85. The van der Waals surface area contributed by atoms with Crippen LogP contribution in [-0.2, 0) is 4.79 Å². The van der Waals surface area contributed by atoms with Gasteiger partial charge in [-0.15, -0.1) is 5.10 Å². The van der Waals surface area contributed by atoms with Crippen LogP contribution in [-0.4, -0.2) is 21.1 Å². The van der Waals surface area contributed by atoms with Gasteiger partial charge in [0.25, 0.3) is 0 Å². The van der Waals surface area contributed by atoms with Crippen LogP contribution in [0.15, 0.2) is 36.7 Å². The van der Waals surface area contributed by atoms with Gasteiger partial charge in [-0.05, 0) is 24.6 Å². The Kier molecular flexibility index (Phi) is 3.47. The average Bonchev–Trinajstić information content (AvgIpc) is 2.39. The maximum Gasteiger partial charge on any atom is 0.249 e. The molecule has 0 fully saturated rings. The molecule has 1 aromatic carbocycles. The fourth-order valence-corrected chi connectivity index (χ4v) is 1.50. The Balaban J connectivity index is 2.10. The number of carbonyl (C=O) groups excluding carboxylic acids is 1. The molecule has 92 valence electrons. The zero-order valence-corrected chi connectivity index (χ0v) is 9.87. The van der Waals surface area contributed by atoms with Crippen molar-refractivity contribution in [3.63, 3.8) is 0 Å². The fraction of sp³-hybridized carbons (Fsp3) is 0.167. The Morgan fingerprint density at radius 2 is 2.22 bits per heavy atom. The number of aromatic nitrogens is 3. The lowest BCUT2D eigenvalue weighted by Crippen LogP contribution is -2.20. The van der Waals surface area contributed by atoms with E-state index in [1.54, 1.807) is 19.1 Å². The molecule has 0 spiro atoms. The number of nitrogens with two attached hydrogens (primary N) is 1. The van der Waals surface area contributed by atoms with Crippen LogP contribution in [0.5, 0.6) is 0 Å². The van der Waals surface area contributed by atoms with Crippen LogP contribution in [0.2, 0.25) is 0 Å². The molecule has 0 saturated heterocycles. The maximum absolute atomic E-state index is 12.0. The standard InChI is InChI=1S/C12H13N5O/c1-8(9-3-2-4-10(13)7-9)11(18)16-12-14-5-6-15-17-12/h2-8H,13H2,1H3,(H,14,16,17,18). The van der Waals surface area contributed by atoms with E-state index >= 15 is 0 Å². The second kappa shape index (κ2) is 5.22. The number of nitrogen functional groups attached to an aromatic ring is 1. The van der Waals surface area contributed by atoms with E-state index in [2.05, 4.69) is 20.5 Å². The summed E-state index contributed by atoms with van der Waals surface area (Å²) in [4.78, 5) is 15.8. The van der Waals surface area contributed by atoms with Crippen molar-refractivity contribution in [3.05, 3.63) is 42.2 Å². The van der Waals surface area contributed by atoms with E-state index in [9.17, 15) is 4.79 Å². The number of amides is 1. The molecule has 1 heterocycles. The van der Waals surface area contributed by atoms with Gasteiger partial charge in [-0.2, -0.15) is 5.10 Å². The predicted molar refractivity (Wildman–Crippen MR) is 67.7 cm³/mol. The molecule has 0 radical (unpaired) electrons. The Morgan fingerprint density at radius 3 is 2.89 bits per heavy atom. The molecule has 18 heavy (non-hydrogen) atoms. The highest BCUT2D eigenvalue weighted by Crippen LogP contribution is 2.18. The van der Waals surface area contributed by atoms with Gasteiger partial charge in [0, 0.05) is 5.69 Å². The van der Waals surface area contributed by atoms with Gasteiger partial charge in [0.2, 0.25) is 11.9 Å². The van der Waals surface area contributed by atoms with E-state index in [0.29, 0.717) is 5.69 Å². The molecule has 0 aliphatic heterocycles. The first-order valence-electron chi connectivity index (χ1n) is 5.47. The summed E-state index contributed by atoms with van der Waals surface area (Å²) in [5, 5.41) is 9.93. The first-order chi connectivity index (χ1) is 8.66. The van der Waals surface area contributed by atoms with Crippen LogP contribution in [0.25, 0.3) is 0 Å². The van der Waals surface area contributed by atoms with E-state index in [0.717, 1.165) is 5.56 Å². The third-order valence-electron chi connectivity index (χ3n) is 2.52. The lowest BCUT2D eigenvalue weighted by molar-refractivity contribution is -0.117. The van der Waals surface area contributed by atoms with Gasteiger partial charge in [-0.1, -0.05) is 12.1 Å². The number of carbonyl (C=O) groups is 1. The monoisotopic (exact) mass is 243 g/mol. The minimum absolute atomic E-state index is 0.193. The third-order valence-corrected chi connectivity index (χ3v) is 2.52. The molecule has 1 atom stereocenters. The zero-order chi connectivity index (χ0) is 13.0. The highest BCUT2D eigenvalue weighted by molar-refractivity contribution is 5.94. The minimum Gasteiger partial charge on any atom is -0.399 e. The number of nitrogens with one attached hydrogen (secondary N) is 1. The number of hydrogen-bond donors (Lipinski definition) is 2. The van der Waals surface area contributed by atoms with Crippen molar-refractivity contribution in [2.24, 2.45) is 0 Å². The summed E-state index contributed by atoms with van der Waals surface area (Å²) in [6.45, 7) is 1.79. The van der Waals surface area contributed by atoms with Crippen LogP contribution in [0.1, 0.15) is 18.4 Å². The van der Waals surface area contributed by atoms with Gasteiger partial charge in [-0.3, -0.25) is 10.1 Å². The molecule has 0 aliphatic carbocycles. The lowest BCUT2D eigenvalue weighted by Gasteiger charge is -2.11. The van der Waals surface area contributed by atoms with E-state index in [1.807, 2.05) is 12.1 Å². The first kappa shape index (κ1) is 12.0. The molecule has 0 bridgehead atoms. The fourth-order valence-electron chi connectivity index (χ4n) is 1.50. The van der Waals surface area contributed by atoms with Gasteiger partial charge in [0.05, 0.1) is 18.3 Å². The normalized spacial score (nSPS) is 11.8. The Morgan fingerprint density at radius 1 is 1.39 bits per heavy atom. The Labute approximate surface area is 104 Å². The largest absolute Gasteiger partial charge is 0.399 e.